The number of methoxy groups -OCH3 is 1. The molecule has 0 bridgehead atoms. The van der Waals surface area contributed by atoms with Crippen LogP contribution in [-0.4, -0.2) is 43.9 Å². The molecule has 9 nitrogen and oxygen atoms in total. The lowest BCUT2D eigenvalue weighted by atomic mass is 9.78. The zero-order valence-electron chi connectivity index (χ0n) is 20.8. The van der Waals surface area contributed by atoms with Gasteiger partial charge in [-0.25, -0.2) is 0 Å². The van der Waals surface area contributed by atoms with Crippen molar-refractivity contribution in [3.8, 4) is 17.6 Å². The molecular weight excluding hydrogens is 553 g/mol. The highest BCUT2D eigenvalue weighted by molar-refractivity contribution is 8.03. The van der Waals surface area contributed by atoms with E-state index < -0.39 is 23.7 Å². The number of nitrogens with zero attached hydrogens (tertiary/aromatic N) is 1. The third-order valence-electron chi connectivity index (χ3n) is 5.45. The van der Waals surface area contributed by atoms with E-state index in [1.807, 2.05) is 6.92 Å². The van der Waals surface area contributed by atoms with E-state index in [4.69, 9.17) is 37.4 Å². The first-order valence-corrected chi connectivity index (χ1v) is 13.3. The zero-order chi connectivity index (χ0) is 27.8. The molecule has 0 aliphatic carbocycles. The summed E-state index contributed by atoms with van der Waals surface area (Å²) in [6.07, 6.45) is 0. The number of halogens is 2. The molecule has 12 heteroatoms. The van der Waals surface area contributed by atoms with Crippen LogP contribution in [0.25, 0.3) is 0 Å². The highest BCUT2D eigenvalue weighted by Gasteiger charge is 2.44. The predicted molar refractivity (Wildman–Crippen MR) is 145 cm³/mol. The molecule has 2 amide bonds. The van der Waals surface area contributed by atoms with Crippen LogP contribution in [0.3, 0.4) is 0 Å². The molecule has 0 aromatic heterocycles. The van der Waals surface area contributed by atoms with E-state index >= 15 is 0 Å². The summed E-state index contributed by atoms with van der Waals surface area (Å²) >= 11 is 13.7. The quantitative estimate of drug-likeness (QED) is 0.301. The maximum atomic E-state index is 13.0. The lowest BCUT2D eigenvalue weighted by Gasteiger charge is -2.31. The van der Waals surface area contributed by atoms with Gasteiger partial charge in [0, 0.05) is 11.6 Å². The highest BCUT2D eigenvalue weighted by Crippen LogP contribution is 2.44. The molecule has 2 aromatic rings. The number of ether oxygens (including phenoxy) is 3. The van der Waals surface area contributed by atoms with Gasteiger partial charge in [-0.2, -0.15) is 5.26 Å². The number of hydrogen-bond donors (Lipinski definition) is 2. The number of thioether (sulfide) groups is 1. The van der Waals surface area contributed by atoms with Crippen molar-refractivity contribution in [1.82, 2.24) is 5.32 Å². The Hall–Kier alpha value is -3.39. The number of carbonyl (C=O) groups excluding carboxylic acids is 3. The number of rotatable bonds is 10. The van der Waals surface area contributed by atoms with Crippen LogP contribution in [0.15, 0.2) is 47.0 Å². The number of hydrogen-bond acceptors (Lipinski definition) is 8. The average molecular weight is 578 g/mol. The van der Waals surface area contributed by atoms with Gasteiger partial charge in [-0.05, 0) is 55.8 Å². The number of amides is 2. The number of nitriles is 1. The van der Waals surface area contributed by atoms with Gasteiger partial charge in [0.1, 0.15) is 11.7 Å². The van der Waals surface area contributed by atoms with Crippen molar-refractivity contribution in [3.05, 3.63) is 62.6 Å². The van der Waals surface area contributed by atoms with Crippen LogP contribution in [-0.2, 0) is 19.1 Å². The number of anilines is 1. The summed E-state index contributed by atoms with van der Waals surface area (Å²) in [5, 5.41) is 15.9. The number of carbonyl (C=O) groups is 3. The van der Waals surface area contributed by atoms with Crippen LogP contribution < -0.4 is 20.1 Å². The average Bonchev–Trinajstić information content (AvgIpc) is 2.89. The van der Waals surface area contributed by atoms with Crippen LogP contribution in [0.1, 0.15) is 25.3 Å². The minimum atomic E-state index is -1.37. The van der Waals surface area contributed by atoms with Crippen LogP contribution in [0.5, 0.6) is 11.5 Å². The molecule has 0 fully saturated rings. The molecule has 2 aromatic carbocycles. The van der Waals surface area contributed by atoms with E-state index in [1.165, 1.54) is 12.1 Å². The normalized spacial score (nSPS) is 16.8. The monoisotopic (exact) mass is 577 g/mol. The summed E-state index contributed by atoms with van der Waals surface area (Å²) in [7, 11) is 1.15. The molecule has 1 aliphatic heterocycles. The van der Waals surface area contributed by atoms with Crippen LogP contribution in [0, 0.1) is 17.2 Å². The molecule has 0 unspecified atom stereocenters. The Morgan fingerprint density at radius 1 is 1.11 bits per heavy atom. The van der Waals surface area contributed by atoms with Gasteiger partial charge in [-0.3, -0.25) is 14.4 Å². The zero-order valence-corrected chi connectivity index (χ0v) is 23.1. The van der Waals surface area contributed by atoms with Gasteiger partial charge < -0.3 is 24.8 Å². The fourth-order valence-electron chi connectivity index (χ4n) is 3.86. The SMILES string of the molecule is CCOc1ccc(NC(=O)CSC2=C(C#N)[C@@H](c3cc(Cl)c(OCC)c(Cl)c3)[C@@H](C(=O)OC)C(=O)N2)cc1. The summed E-state index contributed by atoms with van der Waals surface area (Å²) in [5.74, 6) is -3.50. The smallest absolute Gasteiger partial charge is 0.319 e. The van der Waals surface area contributed by atoms with E-state index in [9.17, 15) is 19.6 Å². The van der Waals surface area contributed by atoms with E-state index in [2.05, 4.69) is 16.7 Å². The molecule has 1 heterocycles. The number of allylic oxidation sites excluding steroid dienone is 1. The topological polar surface area (TPSA) is 127 Å². The molecule has 2 N–H and O–H groups in total. The molecule has 0 spiro atoms. The van der Waals surface area contributed by atoms with Gasteiger partial charge in [-0.15, -0.1) is 0 Å². The van der Waals surface area contributed by atoms with Crippen molar-refractivity contribution in [2.45, 2.75) is 19.8 Å². The molecule has 0 saturated carbocycles. The fraction of sp³-hybridized carbons (Fsp3) is 0.308. The molecule has 200 valence electrons. The van der Waals surface area contributed by atoms with E-state index in [1.54, 1.807) is 31.2 Å². The Kier molecular flexibility index (Phi) is 10.3. The van der Waals surface area contributed by atoms with Crippen LogP contribution in [0.4, 0.5) is 5.69 Å². The summed E-state index contributed by atoms with van der Waals surface area (Å²) in [5.41, 5.74) is 0.973. The summed E-state index contributed by atoms with van der Waals surface area (Å²) in [4.78, 5) is 38.3. The molecule has 0 radical (unpaired) electrons. The minimum absolute atomic E-state index is 0.0650. The van der Waals surface area contributed by atoms with Crippen LogP contribution in [0.2, 0.25) is 10.0 Å². The molecule has 2 atom stereocenters. The van der Waals surface area contributed by atoms with Gasteiger partial charge in [0.2, 0.25) is 11.8 Å². The lowest BCUT2D eigenvalue weighted by molar-refractivity contribution is -0.150. The largest absolute Gasteiger partial charge is 0.494 e. The van der Waals surface area contributed by atoms with Gasteiger partial charge >= 0.3 is 5.97 Å². The van der Waals surface area contributed by atoms with Crippen molar-refractivity contribution in [2.24, 2.45) is 5.92 Å². The minimum Gasteiger partial charge on any atom is -0.494 e. The first-order chi connectivity index (χ1) is 18.2. The van der Waals surface area contributed by atoms with Crippen LogP contribution >= 0.6 is 35.0 Å². The number of esters is 1. The fourth-order valence-corrected chi connectivity index (χ4v) is 5.32. The molecule has 38 heavy (non-hydrogen) atoms. The summed E-state index contributed by atoms with van der Waals surface area (Å²) in [6, 6.07) is 11.9. The third-order valence-corrected chi connectivity index (χ3v) is 7.03. The van der Waals surface area contributed by atoms with Gasteiger partial charge in [0.25, 0.3) is 0 Å². The number of nitrogens with one attached hydrogen (secondary N) is 2. The second kappa shape index (κ2) is 13.4. The second-order valence-electron chi connectivity index (χ2n) is 7.86. The van der Waals surface area contributed by atoms with Crippen molar-refractivity contribution in [1.29, 1.82) is 5.26 Å². The van der Waals surface area contributed by atoms with Crippen molar-refractivity contribution < 1.29 is 28.6 Å². The van der Waals surface area contributed by atoms with Gasteiger partial charge in [-0.1, -0.05) is 35.0 Å². The molecule has 0 saturated heterocycles. The summed E-state index contributed by atoms with van der Waals surface area (Å²) < 4.78 is 15.7. The van der Waals surface area contributed by atoms with Crippen molar-refractivity contribution >= 4 is 58.4 Å². The van der Waals surface area contributed by atoms with E-state index in [-0.39, 0.29) is 38.1 Å². The summed E-state index contributed by atoms with van der Waals surface area (Å²) in [6.45, 7) is 4.49. The Bertz CT molecular complexity index is 1270. The highest BCUT2D eigenvalue weighted by atomic mass is 35.5. The molecule has 1 aliphatic rings. The van der Waals surface area contributed by atoms with E-state index in [0.29, 0.717) is 30.2 Å². The maximum absolute atomic E-state index is 13.0. The van der Waals surface area contributed by atoms with Crippen molar-refractivity contribution in [2.75, 3.05) is 31.4 Å². The maximum Gasteiger partial charge on any atom is 0.319 e. The Balaban J connectivity index is 1.90. The Morgan fingerprint density at radius 2 is 1.74 bits per heavy atom. The van der Waals surface area contributed by atoms with Gasteiger partial charge in [0.05, 0.1) is 52.8 Å². The first-order valence-electron chi connectivity index (χ1n) is 11.5. The molecule has 3 rings (SSSR count). The predicted octanol–water partition coefficient (Wildman–Crippen LogP) is 4.90. The standard InChI is InChI=1S/C26H25Cl2N3O6S/c1-4-36-16-8-6-15(7-9-16)30-20(32)13-38-25-17(12-29)21(22(24(33)31-25)26(34)35-3)14-10-18(27)23(37-5-2)19(28)11-14/h6-11,21-22H,4-5,13H2,1-3H3,(H,30,32)(H,31,33)/t21-,22-/m1/s1. The first kappa shape index (κ1) is 29.2. The Labute approximate surface area is 234 Å². The second-order valence-corrected chi connectivity index (χ2v) is 9.66. The third kappa shape index (κ3) is 6.72. The van der Waals surface area contributed by atoms with Crippen molar-refractivity contribution in [3.63, 3.8) is 0 Å². The number of benzene rings is 2. The molecular formula is C26H25Cl2N3O6S. The Morgan fingerprint density at radius 3 is 2.29 bits per heavy atom. The van der Waals surface area contributed by atoms with E-state index in [0.717, 1.165) is 18.9 Å². The van der Waals surface area contributed by atoms with Gasteiger partial charge in [0.15, 0.2) is 5.75 Å². The lowest BCUT2D eigenvalue weighted by Crippen LogP contribution is -2.44.